The molecular formula is C21H27NO3. The Morgan fingerprint density at radius 3 is 2.52 bits per heavy atom. The van der Waals surface area contributed by atoms with Crippen LogP contribution in [0.4, 0.5) is 10.5 Å². The molecule has 4 heteroatoms. The Kier molecular flexibility index (Phi) is 6.45. The standard InChI is InChI=1S/C21H27NO3/c1-6-16-7-10-20(15(4)11-16)25-13-18-12-17(14(2)3)8-9-19(18)22-21(23)24-5/h7-12,14H,6,13H2,1-5H3,(H,22,23). The molecule has 0 fully saturated rings. The maximum Gasteiger partial charge on any atom is 0.411 e. The topological polar surface area (TPSA) is 47.6 Å². The van der Waals surface area contributed by atoms with Gasteiger partial charge in [-0.2, -0.15) is 0 Å². The minimum absolute atomic E-state index is 0.381. The third-order valence-corrected chi connectivity index (χ3v) is 4.25. The number of methoxy groups -OCH3 is 1. The second-order valence-electron chi connectivity index (χ2n) is 6.43. The van der Waals surface area contributed by atoms with E-state index in [1.165, 1.54) is 18.2 Å². The summed E-state index contributed by atoms with van der Waals surface area (Å²) in [7, 11) is 1.35. The molecule has 0 unspecified atom stereocenters. The molecule has 4 nitrogen and oxygen atoms in total. The number of hydrogen-bond donors (Lipinski definition) is 1. The highest BCUT2D eigenvalue weighted by Crippen LogP contribution is 2.26. The fraction of sp³-hybridized carbons (Fsp3) is 0.381. The zero-order chi connectivity index (χ0) is 18.4. The van der Waals surface area contributed by atoms with E-state index in [4.69, 9.17) is 9.47 Å². The minimum Gasteiger partial charge on any atom is -0.489 e. The Morgan fingerprint density at radius 1 is 1.16 bits per heavy atom. The molecule has 2 aromatic carbocycles. The summed E-state index contributed by atoms with van der Waals surface area (Å²) in [6, 6.07) is 12.2. The first-order chi connectivity index (χ1) is 11.9. The van der Waals surface area contributed by atoms with Crippen LogP contribution >= 0.6 is 0 Å². The highest BCUT2D eigenvalue weighted by atomic mass is 16.5. The molecule has 0 spiro atoms. The SMILES string of the molecule is CCc1ccc(OCc2cc(C(C)C)ccc2NC(=O)OC)c(C)c1. The Hall–Kier alpha value is -2.49. The summed E-state index contributed by atoms with van der Waals surface area (Å²) in [6.07, 6.45) is 0.520. The number of carbonyl (C=O) groups is 1. The van der Waals surface area contributed by atoms with Gasteiger partial charge in [0.05, 0.1) is 12.8 Å². The average Bonchev–Trinajstić information content (AvgIpc) is 2.61. The number of benzene rings is 2. The first-order valence-corrected chi connectivity index (χ1v) is 8.64. The van der Waals surface area contributed by atoms with Crippen molar-refractivity contribution in [2.45, 2.75) is 46.6 Å². The molecule has 0 atom stereocenters. The van der Waals surface area contributed by atoms with Crippen molar-refractivity contribution >= 4 is 11.8 Å². The lowest BCUT2D eigenvalue weighted by molar-refractivity contribution is 0.187. The van der Waals surface area contributed by atoms with E-state index in [0.29, 0.717) is 18.2 Å². The van der Waals surface area contributed by atoms with Crippen LogP contribution in [0.1, 0.15) is 48.9 Å². The van der Waals surface area contributed by atoms with Gasteiger partial charge in [-0.1, -0.05) is 45.0 Å². The lowest BCUT2D eigenvalue weighted by Gasteiger charge is -2.16. The molecule has 25 heavy (non-hydrogen) atoms. The number of hydrogen-bond acceptors (Lipinski definition) is 3. The van der Waals surface area contributed by atoms with Crippen molar-refractivity contribution in [1.29, 1.82) is 0 Å². The summed E-state index contributed by atoms with van der Waals surface area (Å²) >= 11 is 0. The molecule has 0 aliphatic heterocycles. The van der Waals surface area contributed by atoms with E-state index in [-0.39, 0.29) is 0 Å². The zero-order valence-corrected chi connectivity index (χ0v) is 15.7. The van der Waals surface area contributed by atoms with Crippen molar-refractivity contribution in [1.82, 2.24) is 0 Å². The highest BCUT2D eigenvalue weighted by Gasteiger charge is 2.11. The smallest absolute Gasteiger partial charge is 0.411 e. The Morgan fingerprint density at radius 2 is 1.92 bits per heavy atom. The Labute approximate surface area is 150 Å². The van der Waals surface area contributed by atoms with E-state index in [2.05, 4.69) is 44.3 Å². The zero-order valence-electron chi connectivity index (χ0n) is 15.7. The van der Waals surface area contributed by atoms with E-state index >= 15 is 0 Å². The van der Waals surface area contributed by atoms with Gasteiger partial charge in [-0.05, 0) is 48.1 Å². The lowest BCUT2D eigenvalue weighted by atomic mass is 10.00. The van der Waals surface area contributed by atoms with Crippen LogP contribution < -0.4 is 10.1 Å². The van der Waals surface area contributed by atoms with Crippen molar-refractivity contribution in [2.24, 2.45) is 0 Å². The first-order valence-electron chi connectivity index (χ1n) is 8.64. The van der Waals surface area contributed by atoms with Crippen LogP contribution in [0.2, 0.25) is 0 Å². The fourth-order valence-electron chi connectivity index (χ4n) is 2.62. The molecule has 2 rings (SSSR count). The molecule has 0 heterocycles. The van der Waals surface area contributed by atoms with E-state index in [0.717, 1.165) is 23.3 Å². The molecule has 1 N–H and O–H groups in total. The summed E-state index contributed by atoms with van der Waals surface area (Å²) in [5, 5.41) is 2.75. The third-order valence-electron chi connectivity index (χ3n) is 4.25. The summed E-state index contributed by atoms with van der Waals surface area (Å²) < 4.78 is 10.7. The third kappa shape index (κ3) is 4.99. The van der Waals surface area contributed by atoms with Crippen molar-refractivity contribution < 1.29 is 14.3 Å². The van der Waals surface area contributed by atoms with Gasteiger partial charge in [0.15, 0.2) is 0 Å². The van der Waals surface area contributed by atoms with Crippen molar-refractivity contribution in [3.63, 3.8) is 0 Å². The molecule has 0 aromatic heterocycles. The predicted molar refractivity (Wildman–Crippen MR) is 101 cm³/mol. The van der Waals surface area contributed by atoms with Crippen LogP contribution in [0, 0.1) is 6.92 Å². The molecule has 0 aliphatic rings. The molecule has 1 amide bonds. The highest BCUT2D eigenvalue weighted by molar-refractivity contribution is 5.85. The summed E-state index contributed by atoms with van der Waals surface area (Å²) in [5.74, 6) is 1.26. The van der Waals surface area contributed by atoms with Gasteiger partial charge in [-0.15, -0.1) is 0 Å². The van der Waals surface area contributed by atoms with E-state index in [1.807, 2.05) is 25.1 Å². The number of ether oxygens (including phenoxy) is 2. The van der Waals surface area contributed by atoms with E-state index in [1.54, 1.807) is 0 Å². The van der Waals surface area contributed by atoms with Gasteiger partial charge in [0, 0.05) is 5.56 Å². The van der Waals surface area contributed by atoms with Crippen LogP contribution in [-0.4, -0.2) is 13.2 Å². The molecule has 0 aliphatic carbocycles. The number of amides is 1. The molecule has 0 saturated carbocycles. The number of carbonyl (C=O) groups excluding carboxylic acids is 1. The van der Waals surface area contributed by atoms with Gasteiger partial charge >= 0.3 is 6.09 Å². The molecule has 134 valence electrons. The largest absolute Gasteiger partial charge is 0.489 e. The minimum atomic E-state index is -0.484. The van der Waals surface area contributed by atoms with Crippen LogP contribution in [0.3, 0.4) is 0 Å². The van der Waals surface area contributed by atoms with Crippen molar-refractivity contribution in [2.75, 3.05) is 12.4 Å². The predicted octanol–water partition coefficient (Wildman–Crippen LogP) is 5.44. The first kappa shape index (κ1) is 18.8. The lowest BCUT2D eigenvalue weighted by Crippen LogP contribution is -2.13. The number of rotatable bonds is 6. The quantitative estimate of drug-likeness (QED) is 0.761. The molecule has 0 saturated heterocycles. The van der Waals surface area contributed by atoms with E-state index in [9.17, 15) is 4.79 Å². The number of aryl methyl sites for hydroxylation is 2. The average molecular weight is 341 g/mol. The molecule has 0 radical (unpaired) electrons. The second kappa shape index (κ2) is 8.56. The van der Waals surface area contributed by atoms with Gasteiger partial charge in [0.25, 0.3) is 0 Å². The van der Waals surface area contributed by atoms with Gasteiger partial charge in [0.2, 0.25) is 0 Å². The fourth-order valence-corrected chi connectivity index (χ4v) is 2.62. The maximum absolute atomic E-state index is 11.6. The van der Waals surface area contributed by atoms with Crippen LogP contribution in [0.5, 0.6) is 5.75 Å². The van der Waals surface area contributed by atoms with E-state index < -0.39 is 6.09 Å². The number of anilines is 1. The maximum atomic E-state index is 11.6. The second-order valence-corrected chi connectivity index (χ2v) is 6.43. The van der Waals surface area contributed by atoms with Crippen LogP contribution in [-0.2, 0) is 17.8 Å². The van der Waals surface area contributed by atoms with Gasteiger partial charge in [0.1, 0.15) is 12.4 Å². The van der Waals surface area contributed by atoms with Gasteiger partial charge < -0.3 is 9.47 Å². The van der Waals surface area contributed by atoms with Crippen molar-refractivity contribution in [3.05, 3.63) is 58.7 Å². The monoisotopic (exact) mass is 341 g/mol. The molecule has 0 bridgehead atoms. The Balaban J connectivity index is 2.23. The summed E-state index contributed by atoms with van der Waals surface area (Å²) in [4.78, 5) is 11.6. The van der Waals surface area contributed by atoms with Crippen LogP contribution in [0.25, 0.3) is 0 Å². The molecular weight excluding hydrogens is 314 g/mol. The Bertz CT molecular complexity index is 738. The number of nitrogens with one attached hydrogen (secondary N) is 1. The van der Waals surface area contributed by atoms with Crippen LogP contribution in [0.15, 0.2) is 36.4 Å². The normalized spacial score (nSPS) is 10.6. The van der Waals surface area contributed by atoms with Gasteiger partial charge in [-0.25, -0.2) is 4.79 Å². The molecule has 2 aromatic rings. The van der Waals surface area contributed by atoms with Crippen molar-refractivity contribution in [3.8, 4) is 5.75 Å². The summed E-state index contributed by atoms with van der Waals surface area (Å²) in [6.45, 7) is 8.85. The summed E-state index contributed by atoms with van der Waals surface area (Å²) in [5.41, 5.74) is 5.24. The van der Waals surface area contributed by atoms with Gasteiger partial charge in [-0.3, -0.25) is 5.32 Å².